The second kappa shape index (κ2) is 41.4. The summed E-state index contributed by atoms with van der Waals surface area (Å²) in [5.74, 6) is 5.18. The number of aldehydes is 1. The third kappa shape index (κ3) is 26.3. The standard InChI is InChI=1S/C26H25NO2.C17H24O2.C13H22O2.C11H14I2N2.C8H12/c1-18-6-8-21(9-7-18)26(20-4-3-5-20)29-24-14-15-25(22(16-24)17-27)19-10-12-23(28-2)13-11-19;18-14-16-9-11-17(12-10-16)19-13-4-2-1-3-6-15-7-5-8-15;1-2-13(14)15-11-6-4-3-5-8-12-9-7-10-12;1-3-6-10-7-4-5-8-11(10)14-9(2)15(12)13;1-3-7(2)8-5-4-6-8/h6-17,27H,3-5H2,1-2H3;9-12,14-15H,1-8,13H2;2,12H,1,3-11H2;3-9,14H,1-2H3;3H,1,4-6H2,2H3/b;;;6-3+;. The minimum atomic E-state index is -0.301. The summed E-state index contributed by atoms with van der Waals surface area (Å²) in [7, 11) is 1.66. The predicted molar refractivity (Wildman–Crippen MR) is 379 cm³/mol. The highest BCUT2D eigenvalue weighted by molar-refractivity contribution is 14.2. The van der Waals surface area contributed by atoms with E-state index < -0.39 is 0 Å². The van der Waals surface area contributed by atoms with Crippen LogP contribution in [0.3, 0.4) is 0 Å². The van der Waals surface area contributed by atoms with Crippen LogP contribution in [0.4, 0.5) is 5.69 Å². The van der Waals surface area contributed by atoms with Crippen LogP contribution < -0.4 is 19.5 Å². The van der Waals surface area contributed by atoms with E-state index in [-0.39, 0.29) is 5.97 Å². The van der Waals surface area contributed by atoms with Crippen molar-refractivity contribution in [2.24, 2.45) is 11.8 Å². The number of esters is 1. The van der Waals surface area contributed by atoms with Gasteiger partial charge in [0.15, 0.2) is 0 Å². The summed E-state index contributed by atoms with van der Waals surface area (Å²) < 4.78 is 24.2. The fraction of sp³-hybridized carbons (Fsp3) is 0.427. The SMILES string of the molecule is C/C=C/c1ccccc1NC(C)N(I)I.C=CC(=O)OCCCCCCC1CCC1.C=CC(C)=C1CCC1.COc1ccc(-c2ccc(OC(=C3CCC3)c3ccc(C)cc3)cc2C=N)cc1.O=Cc1ccc(OCCCCCCC2CCC2)cc1. The summed E-state index contributed by atoms with van der Waals surface area (Å²) in [6, 6.07) is 37.9. The number of aryl methyl sites for hydroxylation is 1. The molecule has 0 aliphatic heterocycles. The Morgan fingerprint density at radius 2 is 1.28 bits per heavy atom. The van der Waals surface area contributed by atoms with Gasteiger partial charge in [0.05, 0.1) is 26.5 Å². The highest BCUT2D eigenvalue weighted by Crippen LogP contribution is 2.37. The molecule has 1 atom stereocenters. The van der Waals surface area contributed by atoms with Crippen molar-refractivity contribution < 1.29 is 28.5 Å². The fourth-order valence-corrected chi connectivity index (χ4v) is 10.3. The number of hydrogen-bond acceptors (Lipinski definition) is 9. The van der Waals surface area contributed by atoms with Gasteiger partial charge in [-0.05, 0) is 168 Å². The van der Waals surface area contributed by atoms with E-state index in [0.717, 1.165) is 95.7 Å². The normalized spacial score (nSPS) is 14.3. The van der Waals surface area contributed by atoms with Crippen molar-refractivity contribution in [3.8, 4) is 28.4 Å². The van der Waals surface area contributed by atoms with Crippen LogP contribution in [0.25, 0.3) is 23.0 Å². The summed E-state index contributed by atoms with van der Waals surface area (Å²) in [5, 5.41) is 11.3. The fourth-order valence-electron chi connectivity index (χ4n) is 10.0. The van der Waals surface area contributed by atoms with Crippen LogP contribution in [0.2, 0.25) is 0 Å². The first-order valence-corrected chi connectivity index (χ1v) is 33.4. The van der Waals surface area contributed by atoms with Gasteiger partial charge in [-0.25, -0.2) is 4.79 Å². The lowest BCUT2D eigenvalue weighted by atomic mass is 9.82. The van der Waals surface area contributed by atoms with E-state index in [1.54, 1.807) is 24.8 Å². The number of allylic oxidation sites excluding steroid dienone is 5. The Labute approximate surface area is 545 Å². The van der Waals surface area contributed by atoms with Gasteiger partial charge in [-0.1, -0.05) is 199 Å². The summed E-state index contributed by atoms with van der Waals surface area (Å²) in [6.45, 7) is 16.8. The second-order valence-corrected chi connectivity index (χ2v) is 26.7. The summed E-state index contributed by atoms with van der Waals surface area (Å²) >= 11 is 4.54. The van der Waals surface area contributed by atoms with Gasteiger partial charge in [-0.15, -0.1) is 0 Å². The smallest absolute Gasteiger partial charge is 0.330 e. The van der Waals surface area contributed by atoms with Crippen molar-refractivity contribution in [3.63, 3.8) is 0 Å². The average molecular weight is 1390 g/mol. The number of nitrogens with zero attached hydrogens (tertiary/aromatic N) is 1. The highest BCUT2D eigenvalue weighted by Gasteiger charge is 2.20. The molecule has 2 N–H and O–H groups in total. The quantitative estimate of drug-likeness (QED) is 0.00587. The maximum absolute atomic E-state index is 10.7. The van der Waals surface area contributed by atoms with Crippen LogP contribution >= 0.6 is 45.7 Å². The first-order valence-electron chi connectivity index (χ1n) is 31.5. The van der Waals surface area contributed by atoms with Crippen LogP contribution in [-0.2, 0) is 9.53 Å². The molecule has 0 spiro atoms. The van der Waals surface area contributed by atoms with E-state index in [1.165, 1.54) is 156 Å². The van der Waals surface area contributed by atoms with Gasteiger partial charge < -0.3 is 29.7 Å². The Balaban J connectivity index is 0.000000208. The molecule has 4 fully saturated rings. The second-order valence-electron chi connectivity index (χ2n) is 22.8. The molecule has 4 saturated carbocycles. The molecule has 462 valence electrons. The lowest BCUT2D eigenvalue weighted by molar-refractivity contribution is -0.137. The van der Waals surface area contributed by atoms with E-state index in [0.29, 0.717) is 18.3 Å². The van der Waals surface area contributed by atoms with Gasteiger partial charge in [-0.2, -0.15) is 1.33 Å². The van der Waals surface area contributed by atoms with Gasteiger partial charge in [0.2, 0.25) is 0 Å². The summed E-state index contributed by atoms with van der Waals surface area (Å²) in [4.78, 5) is 21.2. The molecule has 4 aliphatic rings. The van der Waals surface area contributed by atoms with Gasteiger partial charge in [0.1, 0.15) is 29.3 Å². The van der Waals surface area contributed by atoms with Crippen LogP contribution in [0.1, 0.15) is 195 Å². The molecule has 0 amide bonds. The van der Waals surface area contributed by atoms with Gasteiger partial charge in [0, 0.05) is 80.4 Å². The molecule has 9 nitrogen and oxygen atoms in total. The van der Waals surface area contributed by atoms with Crippen molar-refractivity contribution in [2.75, 3.05) is 25.6 Å². The molecule has 0 aromatic heterocycles. The van der Waals surface area contributed by atoms with E-state index in [1.807, 2.05) is 73.7 Å². The number of halogens is 2. The number of nitrogens with one attached hydrogen (secondary N) is 2. The number of anilines is 1. The van der Waals surface area contributed by atoms with Crippen LogP contribution in [0, 0.1) is 24.2 Å². The number of unbranched alkanes of at least 4 members (excludes halogenated alkanes) is 6. The number of ether oxygens (including phenoxy) is 4. The molecule has 9 rings (SSSR count). The van der Waals surface area contributed by atoms with Crippen LogP contribution in [0.15, 0.2) is 163 Å². The Morgan fingerprint density at radius 3 is 1.78 bits per heavy atom. The van der Waals surface area contributed by atoms with E-state index in [9.17, 15) is 9.59 Å². The van der Waals surface area contributed by atoms with Crippen molar-refractivity contribution in [1.82, 2.24) is 1.33 Å². The van der Waals surface area contributed by atoms with Crippen molar-refractivity contribution in [2.45, 2.75) is 175 Å². The lowest BCUT2D eigenvalue weighted by Crippen LogP contribution is -2.24. The van der Waals surface area contributed by atoms with Crippen LogP contribution in [0.5, 0.6) is 17.2 Å². The van der Waals surface area contributed by atoms with Crippen LogP contribution in [-0.4, -0.2) is 46.3 Å². The average Bonchev–Trinajstić information content (AvgIpc) is 1.44. The zero-order valence-corrected chi connectivity index (χ0v) is 56.5. The number of benzene rings is 5. The molecule has 5 aromatic carbocycles. The molecule has 0 saturated heterocycles. The maximum Gasteiger partial charge on any atom is 0.330 e. The third-order valence-electron chi connectivity index (χ3n) is 16.3. The van der Waals surface area contributed by atoms with E-state index >= 15 is 0 Å². The monoisotopic (exact) mass is 1390 g/mol. The zero-order chi connectivity index (χ0) is 61.7. The molecule has 11 heteroatoms. The molecule has 5 aromatic rings. The molecular formula is C75H97I2N3O6. The molecule has 0 radical (unpaired) electrons. The highest BCUT2D eigenvalue weighted by atomic mass is 127. The van der Waals surface area contributed by atoms with E-state index in [2.05, 4.69) is 141 Å². The molecule has 0 heterocycles. The van der Waals surface area contributed by atoms with E-state index in [4.69, 9.17) is 24.4 Å². The number of carbonyl (C=O) groups excluding carboxylic acids is 2. The Bertz CT molecular complexity index is 2890. The Hall–Kier alpha value is -5.77. The molecule has 1 unspecified atom stereocenters. The number of methoxy groups -OCH3 is 1. The van der Waals surface area contributed by atoms with Crippen molar-refractivity contribution >= 4 is 81.7 Å². The van der Waals surface area contributed by atoms with Gasteiger partial charge in [0.25, 0.3) is 0 Å². The first kappa shape index (κ1) is 71.0. The molecule has 4 aliphatic carbocycles. The molecule has 0 bridgehead atoms. The minimum absolute atomic E-state index is 0.301. The molecule has 86 heavy (non-hydrogen) atoms. The predicted octanol–water partition coefficient (Wildman–Crippen LogP) is 21.9. The van der Waals surface area contributed by atoms with Gasteiger partial charge >= 0.3 is 5.97 Å². The summed E-state index contributed by atoms with van der Waals surface area (Å²) in [5.41, 5.74) is 12.7. The number of para-hydroxylation sites is 1. The Morgan fingerprint density at radius 1 is 0.698 bits per heavy atom. The zero-order valence-electron chi connectivity index (χ0n) is 52.2. The number of rotatable bonds is 28. The maximum atomic E-state index is 10.7. The Kier molecular flexibility index (Phi) is 34.2. The molecular weight excluding hydrogens is 1290 g/mol. The summed E-state index contributed by atoms with van der Waals surface area (Å²) in [6.07, 6.45) is 38.8. The van der Waals surface area contributed by atoms with Crippen molar-refractivity contribution in [1.29, 1.82) is 5.41 Å². The minimum Gasteiger partial charge on any atom is -0.497 e. The number of carbonyl (C=O) groups is 2. The van der Waals surface area contributed by atoms with Crippen molar-refractivity contribution in [3.05, 3.63) is 191 Å². The first-order chi connectivity index (χ1) is 41.9. The number of hydrogen-bond donors (Lipinski definition) is 2. The topological polar surface area (TPSA) is 110 Å². The lowest BCUT2D eigenvalue weighted by Gasteiger charge is -2.24. The largest absolute Gasteiger partial charge is 0.497 e. The van der Waals surface area contributed by atoms with Gasteiger partial charge in [-0.3, -0.25) is 4.79 Å². The third-order valence-corrected chi connectivity index (χ3v) is 18.0.